The number of nitrogens with two attached hydrogens (primary N) is 1. The highest BCUT2D eigenvalue weighted by atomic mass is 19.4. The first-order valence-electron chi connectivity index (χ1n) is 4.58. The molecule has 90 valence electrons. The minimum absolute atomic E-state index is 0.114. The molecule has 0 aromatic carbocycles. The molecule has 0 amide bonds. The number of hydrogen-bond acceptors (Lipinski definition) is 4. The molecule has 4 nitrogen and oxygen atoms in total. The monoisotopic (exact) mass is 235 g/mol. The highest BCUT2D eigenvalue weighted by Crippen LogP contribution is 2.18. The van der Waals surface area contributed by atoms with Crippen molar-refractivity contribution in [2.45, 2.75) is 26.1 Å². The van der Waals surface area contributed by atoms with E-state index in [2.05, 4.69) is 14.7 Å². The van der Waals surface area contributed by atoms with E-state index in [0.717, 1.165) is 0 Å². The maximum atomic E-state index is 11.9. The van der Waals surface area contributed by atoms with Crippen LogP contribution in [0.3, 0.4) is 0 Å². The molecule has 2 N–H and O–H groups in total. The van der Waals surface area contributed by atoms with Crippen molar-refractivity contribution in [3.63, 3.8) is 0 Å². The predicted molar refractivity (Wildman–Crippen MR) is 50.9 cm³/mol. The van der Waals surface area contributed by atoms with Gasteiger partial charge in [-0.05, 0) is 13.8 Å². The van der Waals surface area contributed by atoms with Crippen LogP contribution in [0, 0.1) is 6.92 Å². The van der Waals surface area contributed by atoms with Gasteiger partial charge in [0.05, 0.1) is 5.69 Å². The van der Waals surface area contributed by atoms with Crippen LogP contribution >= 0.6 is 0 Å². The first kappa shape index (κ1) is 12.7. The number of ether oxygens (including phenoxy) is 1. The standard InChI is InChI=1S/C9H12F3N3O/c1-5(13)7-3-8(15-6(2)14-7)16-4-9(10,11)12/h3,5H,4,13H2,1-2H3/t5-/m1/s1. The Kier molecular flexibility index (Phi) is 3.69. The topological polar surface area (TPSA) is 61.0 Å². The summed E-state index contributed by atoms with van der Waals surface area (Å²) in [6.07, 6.45) is -4.38. The minimum atomic E-state index is -4.38. The van der Waals surface area contributed by atoms with Crippen LogP contribution in [-0.4, -0.2) is 22.8 Å². The van der Waals surface area contributed by atoms with Crippen molar-refractivity contribution >= 4 is 0 Å². The molecule has 1 aromatic heterocycles. The fourth-order valence-corrected chi connectivity index (χ4v) is 1.03. The molecule has 1 heterocycles. The van der Waals surface area contributed by atoms with E-state index in [4.69, 9.17) is 5.73 Å². The molecule has 0 saturated carbocycles. The molecule has 0 fully saturated rings. The summed E-state index contributed by atoms with van der Waals surface area (Å²) < 4.78 is 40.2. The molecule has 0 aliphatic heterocycles. The Morgan fingerprint density at radius 2 is 2.06 bits per heavy atom. The fourth-order valence-electron chi connectivity index (χ4n) is 1.03. The van der Waals surface area contributed by atoms with Crippen LogP contribution in [0.4, 0.5) is 13.2 Å². The van der Waals surface area contributed by atoms with Crippen molar-refractivity contribution in [1.82, 2.24) is 9.97 Å². The van der Waals surface area contributed by atoms with Crippen molar-refractivity contribution in [1.29, 1.82) is 0 Å². The van der Waals surface area contributed by atoms with Crippen LogP contribution in [0.25, 0.3) is 0 Å². The summed E-state index contributed by atoms with van der Waals surface area (Å²) in [6.45, 7) is 1.86. The van der Waals surface area contributed by atoms with E-state index in [-0.39, 0.29) is 11.9 Å². The number of aromatic nitrogens is 2. The number of aryl methyl sites for hydroxylation is 1. The molecule has 16 heavy (non-hydrogen) atoms. The summed E-state index contributed by atoms with van der Waals surface area (Å²) in [5.74, 6) is 0.212. The lowest BCUT2D eigenvalue weighted by molar-refractivity contribution is -0.154. The third-order valence-corrected chi connectivity index (χ3v) is 1.68. The number of halogens is 3. The van der Waals surface area contributed by atoms with E-state index < -0.39 is 12.8 Å². The summed E-state index contributed by atoms with van der Waals surface area (Å²) >= 11 is 0. The average Bonchev–Trinajstić information content (AvgIpc) is 2.13. The molecule has 7 heteroatoms. The van der Waals surface area contributed by atoms with Gasteiger partial charge in [0.25, 0.3) is 0 Å². The third kappa shape index (κ3) is 4.01. The largest absolute Gasteiger partial charge is 0.468 e. The van der Waals surface area contributed by atoms with E-state index in [0.29, 0.717) is 11.5 Å². The summed E-state index contributed by atoms with van der Waals surface area (Å²) in [7, 11) is 0. The van der Waals surface area contributed by atoms with E-state index in [9.17, 15) is 13.2 Å². The van der Waals surface area contributed by atoms with Crippen molar-refractivity contribution in [2.75, 3.05) is 6.61 Å². The van der Waals surface area contributed by atoms with Gasteiger partial charge in [-0.25, -0.2) is 4.98 Å². The molecule has 0 unspecified atom stereocenters. The number of hydrogen-bond donors (Lipinski definition) is 1. The third-order valence-electron chi connectivity index (χ3n) is 1.68. The second-order valence-electron chi connectivity index (χ2n) is 3.37. The van der Waals surface area contributed by atoms with Crippen LogP contribution in [0.1, 0.15) is 24.5 Å². The Balaban J connectivity index is 2.81. The Morgan fingerprint density at radius 1 is 1.44 bits per heavy atom. The summed E-state index contributed by atoms with van der Waals surface area (Å²) in [5, 5.41) is 0. The molecule has 0 spiro atoms. The van der Waals surface area contributed by atoms with Crippen molar-refractivity contribution < 1.29 is 17.9 Å². The van der Waals surface area contributed by atoms with Gasteiger partial charge in [-0.15, -0.1) is 0 Å². The number of alkyl halides is 3. The molecule has 0 aliphatic carbocycles. The van der Waals surface area contributed by atoms with E-state index in [1.165, 1.54) is 6.07 Å². The molecule has 1 aromatic rings. The van der Waals surface area contributed by atoms with E-state index in [1.807, 2.05) is 0 Å². The quantitative estimate of drug-likeness (QED) is 0.866. The summed E-state index contributed by atoms with van der Waals surface area (Å²) in [6, 6.07) is 0.929. The molecule has 0 saturated heterocycles. The fraction of sp³-hybridized carbons (Fsp3) is 0.556. The summed E-state index contributed by atoms with van der Waals surface area (Å²) in [4.78, 5) is 7.71. The van der Waals surface area contributed by atoms with E-state index in [1.54, 1.807) is 13.8 Å². The van der Waals surface area contributed by atoms with Crippen molar-refractivity contribution in [2.24, 2.45) is 5.73 Å². The molecule has 0 aliphatic rings. The first-order valence-corrected chi connectivity index (χ1v) is 4.58. The Bertz CT molecular complexity index is 366. The first-order chi connectivity index (χ1) is 7.28. The van der Waals surface area contributed by atoms with Crippen LogP contribution in [-0.2, 0) is 0 Å². The van der Waals surface area contributed by atoms with Crippen molar-refractivity contribution in [3.05, 3.63) is 17.6 Å². The maximum absolute atomic E-state index is 11.9. The Labute approximate surface area is 90.6 Å². The van der Waals surface area contributed by atoms with Gasteiger partial charge in [0, 0.05) is 12.1 Å². The number of rotatable bonds is 3. The van der Waals surface area contributed by atoms with Gasteiger partial charge in [0.2, 0.25) is 5.88 Å². The minimum Gasteiger partial charge on any atom is -0.468 e. The normalized spacial score (nSPS) is 13.6. The predicted octanol–water partition coefficient (Wildman–Crippen LogP) is 1.75. The lowest BCUT2D eigenvalue weighted by atomic mass is 10.2. The van der Waals surface area contributed by atoms with Crippen LogP contribution < -0.4 is 10.5 Å². The zero-order chi connectivity index (χ0) is 12.3. The van der Waals surface area contributed by atoms with Gasteiger partial charge >= 0.3 is 6.18 Å². The second-order valence-corrected chi connectivity index (χ2v) is 3.37. The van der Waals surface area contributed by atoms with Crippen LogP contribution in [0.5, 0.6) is 5.88 Å². The highest BCUT2D eigenvalue weighted by molar-refractivity contribution is 5.18. The van der Waals surface area contributed by atoms with Crippen LogP contribution in [0.2, 0.25) is 0 Å². The SMILES string of the molecule is Cc1nc(OCC(F)(F)F)cc([C@@H](C)N)n1. The number of nitrogens with zero attached hydrogens (tertiary/aromatic N) is 2. The molecule has 0 radical (unpaired) electrons. The lowest BCUT2D eigenvalue weighted by Crippen LogP contribution is -2.20. The zero-order valence-electron chi connectivity index (χ0n) is 8.88. The maximum Gasteiger partial charge on any atom is 0.422 e. The molecule has 1 atom stereocenters. The lowest BCUT2D eigenvalue weighted by Gasteiger charge is -2.11. The van der Waals surface area contributed by atoms with Crippen LogP contribution in [0.15, 0.2) is 6.07 Å². The molecule has 1 rings (SSSR count). The average molecular weight is 235 g/mol. The highest BCUT2D eigenvalue weighted by Gasteiger charge is 2.28. The van der Waals surface area contributed by atoms with Gasteiger partial charge in [0.15, 0.2) is 6.61 Å². The van der Waals surface area contributed by atoms with Gasteiger partial charge in [-0.2, -0.15) is 18.2 Å². The van der Waals surface area contributed by atoms with Gasteiger partial charge in [-0.1, -0.05) is 0 Å². The van der Waals surface area contributed by atoms with Gasteiger partial charge in [-0.3, -0.25) is 0 Å². The smallest absolute Gasteiger partial charge is 0.422 e. The second kappa shape index (κ2) is 4.65. The Hall–Kier alpha value is -1.37. The zero-order valence-corrected chi connectivity index (χ0v) is 8.88. The van der Waals surface area contributed by atoms with E-state index >= 15 is 0 Å². The molecular formula is C9H12F3N3O. The molecule has 0 bridgehead atoms. The van der Waals surface area contributed by atoms with Crippen molar-refractivity contribution in [3.8, 4) is 5.88 Å². The van der Waals surface area contributed by atoms with Gasteiger partial charge < -0.3 is 10.5 Å². The summed E-state index contributed by atoms with van der Waals surface area (Å²) in [5.41, 5.74) is 6.01. The Morgan fingerprint density at radius 3 is 2.56 bits per heavy atom. The molecular weight excluding hydrogens is 223 g/mol. The van der Waals surface area contributed by atoms with Gasteiger partial charge in [0.1, 0.15) is 5.82 Å².